The van der Waals surface area contributed by atoms with Crippen molar-refractivity contribution in [2.24, 2.45) is 0 Å². The van der Waals surface area contributed by atoms with Crippen LogP contribution in [0.2, 0.25) is 0 Å². The summed E-state index contributed by atoms with van der Waals surface area (Å²) in [5.41, 5.74) is 3.33. The molecule has 1 atom stereocenters. The quantitative estimate of drug-likeness (QED) is 0.750. The first kappa shape index (κ1) is 21.0. The van der Waals surface area contributed by atoms with Gasteiger partial charge in [0.1, 0.15) is 0 Å². The molecule has 1 heterocycles. The third-order valence-corrected chi connectivity index (χ3v) is 6.49. The highest BCUT2D eigenvalue weighted by atomic mass is 32.2. The largest absolute Gasteiger partial charge is 0.478 e. The first-order chi connectivity index (χ1) is 13.7. The van der Waals surface area contributed by atoms with E-state index < -0.39 is 16.0 Å². The number of anilines is 3. The van der Waals surface area contributed by atoms with Crippen LogP contribution in [0, 0.1) is 6.92 Å². The number of sulfonamides is 1. The molecule has 29 heavy (non-hydrogen) atoms. The molecule has 0 amide bonds. The van der Waals surface area contributed by atoms with E-state index in [0.29, 0.717) is 18.8 Å². The normalized spacial score (nSPS) is 17.3. The Kier molecular flexibility index (Phi) is 6.02. The second-order valence-electron chi connectivity index (χ2n) is 7.37. The summed E-state index contributed by atoms with van der Waals surface area (Å²) in [4.78, 5) is 16.2. The zero-order valence-corrected chi connectivity index (χ0v) is 17.7. The first-order valence-corrected chi connectivity index (χ1v) is 11.3. The maximum Gasteiger partial charge on any atom is 0.337 e. The maximum atomic E-state index is 11.8. The van der Waals surface area contributed by atoms with Gasteiger partial charge >= 0.3 is 5.97 Å². The highest BCUT2D eigenvalue weighted by Crippen LogP contribution is 2.29. The van der Waals surface area contributed by atoms with Gasteiger partial charge in [0.2, 0.25) is 10.0 Å². The van der Waals surface area contributed by atoms with Crippen LogP contribution in [0.5, 0.6) is 0 Å². The van der Waals surface area contributed by atoms with Gasteiger partial charge < -0.3 is 14.9 Å². The summed E-state index contributed by atoms with van der Waals surface area (Å²) in [6.07, 6.45) is 0. The number of carboxylic acid groups (broad SMARTS) is 1. The average Bonchev–Trinajstić information content (AvgIpc) is 2.67. The van der Waals surface area contributed by atoms with Crippen LogP contribution in [0.1, 0.15) is 29.8 Å². The van der Waals surface area contributed by atoms with E-state index in [4.69, 9.17) is 0 Å². The predicted octanol–water partition coefficient (Wildman–Crippen LogP) is 3.17. The van der Waals surface area contributed by atoms with E-state index in [1.54, 1.807) is 12.1 Å². The molecule has 2 N–H and O–H groups in total. The van der Waals surface area contributed by atoms with Crippen molar-refractivity contribution >= 4 is 33.1 Å². The van der Waals surface area contributed by atoms with Gasteiger partial charge in [-0.1, -0.05) is 12.1 Å². The van der Waals surface area contributed by atoms with Gasteiger partial charge in [0, 0.05) is 37.1 Å². The Morgan fingerprint density at radius 1 is 1.21 bits per heavy atom. The van der Waals surface area contributed by atoms with E-state index >= 15 is 0 Å². The highest BCUT2D eigenvalue weighted by Gasteiger charge is 2.27. The fraction of sp³-hybridized carbons (Fsp3) is 0.381. The SMILES string of the molecule is CCS(=O)(=O)Nc1ccc(N2CCN(c3cccc(C)c3)[C@@H](C)C2)c(C(=O)O)c1. The Hall–Kier alpha value is -2.74. The molecule has 0 aromatic heterocycles. The summed E-state index contributed by atoms with van der Waals surface area (Å²) in [6.45, 7) is 7.85. The van der Waals surface area contributed by atoms with Crippen LogP contribution in [0.15, 0.2) is 42.5 Å². The number of aryl methyl sites for hydroxylation is 1. The summed E-state index contributed by atoms with van der Waals surface area (Å²) in [6, 6.07) is 13.3. The Bertz CT molecular complexity index is 1010. The van der Waals surface area contributed by atoms with Gasteiger partial charge in [0.05, 0.1) is 17.0 Å². The molecule has 7 nitrogen and oxygen atoms in total. The van der Waals surface area contributed by atoms with E-state index in [1.807, 2.05) is 6.07 Å². The minimum Gasteiger partial charge on any atom is -0.478 e. The molecule has 0 saturated carbocycles. The average molecular weight is 418 g/mol. The van der Waals surface area contributed by atoms with Crippen molar-refractivity contribution in [3.63, 3.8) is 0 Å². The van der Waals surface area contributed by atoms with Crippen LogP contribution in [0.4, 0.5) is 17.1 Å². The first-order valence-electron chi connectivity index (χ1n) is 9.66. The lowest BCUT2D eigenvalue weighted by atomic mass is 10.1. The number of nitrogens with zero attached hydrogens (tertiary/aromatic N) is 2. The van der Waals surface area contributed by atoms with E-state index in [-0.39, 0.29) is 23.0 Å². The molecule has 1 saturated heterocycles. The van der Waals surface area contributed by atoms with Gasteiger partial charge in [-0.2, -0.15) is 0 Å². The van der Waals surface area contributed by atoms with Crippen LogP contribution in [-0.4, -0.2) is 50.9 Å². The van der Waals surface area contributed by atoms with Crippen LogP contribution < -0.4 is 14.5 Å². The number of benzene rings is 2. The molecule has 1 fully saturated rings. The number of nitrogens with one attached hydrogen (secondary N) is 1. The van der Waals surface area contributed by atoms with Crippen molar-refractivity contribution in [1.82, 2.24) is 0 Å². The van der Waals surface area contributed by atoms with Crippen LogP contribution in [0.3, 0.4) is 0 Å². The molecule has 0 unspecified atom stereocenters. The Labute approximate surface area is 172 Å². The number of hydrogen-bond donors (Lipinski definition) is 2. The standard InChI is InChI=1S/C21H27N3O4S/c1-4-29(27,28)22-17-8-9-20(19(13-17)21(25)26)23-10-11-24(16(3)14-23)18-7-5-6-15(2)12-18/h5-9,12-13,16,22H,4,10-11,14H2,1-3H3,(H,25,26)/t16-/m0/s1. The number of rotatable bonds is 6. The lowest BCUT2D eigenvalue weighted by molar-refractivity contribution is 0.0697. The summed E-state index contributed by atoms with van der Waals surface area (Å²) in [5, 5.41) is 9.69. The van der Waals surface area contributed by atoms with Crippen molar-refractivity contribution in [3.8, 4) is 0 Å². The maximum absolute atomic E-state index is 11.8. The van der Waals surface area contributed by atoms with Gasteiger partial charge in [-0.05, 0) is 56.7 Å². The van der Waals surface area contributed by atoms with E-state index in [1.165, 1.54) is 24.2 Å². The van der Waals surface area contributed by atoms with E-state index in [2.05, 4.69) is 46.6 Å². The summed E-state index contributed by atoms with van der Waals surface area (Å²) in [7, 11) is -3.47. The molecule has 1 aliphatic heterocycles. The minimum atomic E-state index is -3.47. The molecule has 0 aliphatic carbocycles. The predicted molar refractivity (Wildman–Crippen MR) is 117 cm³/mol. The second kappa shape index (κ2) is 8.32. The van der Waals surface area contributed by atoms with Crippen molar-refractivity contribution in [2.75, 3.05) is 39.9 Å². The molecule has 0 bridgehead atoms. The number of hydrogen-bond acceptors (Lipinski definition) is 5. The molecule has 3 rings (SSSR count). The summed E-state index contributed by atoms with van der Waals surface area (Å²) < 4.78 is 26.0. The Morgan fingerprint density at radius 3 is 2.59 bits per heavy atom. The third kappa shape index (κ3) is 4.82. The van der Waals surface area contributed by atoms with Crippen molar-refractivity contribution < 1.29 is 18.3 Å². The number of aromatic carboxylic acids is 1. The fourth-order valence-corrected chi connectivity index (χ4v) is 4.30. The second-order valence-corrected chi connectivity index (χ2v) is 9.38. The lowest BCUT2D eigenvalue weighted by Crippen LogP contribution is -2.52. The summed E-state index contributed by atoms with van der Waals surface area (Å²) in [5.74, 6) is -1.15. The number of carboxylic acids is 1. The number of piperazine rings is 1. The lowest BCUT2D eigenvalue weighted by Gasteiger charge is -2.42. The molecule has 0 radical (unpaired) electrons. The fourth-order valence-electron chi connectivity index (χ4n) is 3.66. The molecular formula is C21H27N3O4S. The monoisotopic (exact) mass is 417 g/mol. The Morgan fingerprint density at radius 2 is 1.97 bits per heavy atom. The minimum absolute atomic E-state index is 0.0738. The van der Waals surface area contributed by atoms with Gasteiger partial charge in [0.15, 0.2) is 0 Å². The van der Waals surface area contributed by atoms with E-state index in [9.17, 15) is 18.3 Å². The third-order valence-electron chi connectivity index (χ3n) is 5.18. The van der Waals surface area contributed by atoms with Gasteiger partial charge in [-0.3, -0.25) is 4.72 Å². The smallest absolute Gasteiger partial charge is 0.337 e. The molecule has 2 aromatic carbocycles. The van der Waals surface area contributed by atoms with Crippen LogP contribution in [0.25, 0.3) is 0 Å². The van der Waals surface area contributed by atoms with Crippen molar-refractivity contribution in [3.05, 3.63) is 53.6 Å². The van der Waals surface area contributed by atoms with Gasteiger partial charge in [0.25, 0.3) is 0 Å². The summed E-state index contributed by atoms with van der Waals surface area (Å²) >= 11 is 0. The van der Waals surface area contributed by atoms with Crippen LogP contribution >= 0.6 is 0 Å². The van der Waals surface area contributed by atoms with Gasteiger partial charge in [-0.15, -0.1) is 0 Å². The molecule has 8 heteroatoms. The van der Waals surface area contributed by atoms with Crippen LogP contribution in [-0.2, 0) is 10.0 Å². The van der Waals surface area contributed by atoms with Gasteiger partial charge in [-0.25, -0.2) is 13.2 Å². The van der Waals surface area contributed by atoms with Crippen molar-refractivity contribution in [2.45, 2.75) is 26.8 Å². The highest BCUT2D eigenvalue weighted by molar-refractivity contribution is 7.92. The molecule has 156 valence electrons. The van der Waals surface area contributed by atoms with Crippen molar-refractivity contribution in [1.29, 1.82) is 0 Å². The topological polar surface area (TPSA) is 90.0 Å². The Balaban J connectivity index is 1.83. The molecule has 0 spiro atoms. The zero-order chi connectivity index (χ0) is 21.2. The molecular weight excluding hydrogens is 390 g/mol. The molecule has 2 aromatic rings. The molecule has 1 aliphatic rings. The number of carbonyl (C=O) groups is 1. The van der Waals surface area contributed by atoms with E-state index in [0.717, 1.165) is 6.54 Å². The zero-order valence-electron chi connectivity index (χ0n) is 16.9.